The minimum atomic E-state index is -1.06. The van der Waals surface area contributed by atoms with Gasteiger partial charge in [0.2, 0.25) is 11.8 Å². The van der Waals surface area contributed by atoms with E-state index in [1.165, 1.54) is 0 Å². The number of hydrogen-bond acceptors (Lipinski definition) is 4. The molecule has 2 heterocycles. The number of nitrogens with zero attached hydrogens (tertiary/aromatic N) is 3. The van der Waals surface area contributed by atoms with Gasteiger partial charge in [0, 0.05) is 45.1 Å². The number of carbonyl (C=O) groups excluding carboxylic acids is 2. The molecule has 126 valence electrons. The lowest BCUT2D eigenvalue weighted by molar-refractivity contribution is -0.149. The minimum absolute atomic E-state index is 0.100. The van der Waals surface area contributed by atoms with E-state index in [0.717, 1.165) is 25.2 Å². The number of hydrogen-bond donors (Lipinski definition) is 1. The molecule has 1 aromatic rings. The van der Waals surface area contributed by atoms with E-state index in [9.17, 15) is 9.59 Å². The van der Waals surface area contributed by atoms with Crippen molar-refractivity contribution >= 4 is 11.8 Å². The average molecular weight is 318 g/mol. The summed E-state index contributed by atoms with van der Waals surface area (Å²) in [5.74, 6) is -0.346. The van der Waals surface area contributed by atoms with Crippen LogP contribution in [0.1, 0.15) is 26.3 Å². The lowest BCUT2D eigenvalue weighted by Gasteiger charge is -2.37. The molecule has 1 saturated heterocycles. The Bertz CT molecular complexity index is 537. The molecule has 0 bridgehead atoms. The summed E-state index contributed by atoms with van der Waals surface area (Å²) in [7, 11) is 0. The molecule has 1 fully saturated rings. The Morgan fingerprint density at radius 2 is 1.96 bits per heavy atom. The molecule has 1 aromatic heterocycles. The first-order valence-electron chi connectivity index (χ1n) is 8.14. The van der Waals surface area contributed by atoms with Crippen LogP contribution in [0.15, 0.2) is 24.5 Å². The van der Waals surface area contributed by atoms with Gasteiger partial charge in [-0.1, -0.05) is 13.0 Å². The van der Waals surface area contributed by atoms with E-state index in [2.05, 4.69) is 22.1 Å². The number of likely N-dealkylation sites (N-methyl/N-ethyl adjacent to an activating group) is 1. The third-order valence-corrected chi connectivity index (χ3v) is 4.38. The molecular formula is C17H26N4O2. The fourth-order valence-corrected chi connectivity index (χ4v) is 2.67. The zero-order valence-corrected chi connectivity index (χ0v) is 14.2. The van der Waals surface area contributed by atoms with E-state index in [-0.39, 0.29) is 11.8 Å². The molecular weight excluding hydrogens is 292 g/mol. The van der Waals surface area contributed by atoms with E-state index < -0.39 is 5.41 Å². The maximum atomic E-state index is 12.7. The van der Waals surface area contributed by atoms with Crippen molar-refractivity contribution in [1.29, 1.82) is 0 Å². The molecule has 2 amide bonds. The number of pyridine rings is 1. The molecule has 0 aliphatic carbocycles. The molecule has 1 aliphatic rings. The van der Waals surface area contributed by atoms with Crippen LogP contribution in [0.5, 0.6) is 0 Å². The molecule has 1 aliphatic heterocycles. The Balaban J connectivity index is 1.91. The highest BCUT2D eigenvalue weighted by atomic mass is 16.2. The van der Waals surface area contributed by atoms with Gasteiger partial charge in [0.25, 0.3) is 0 Å². The van der Waals surface area contributed by atoms with Crippen LogP contribution in [0.4, 0.5) is 0 Å². The van der Waals surface area contributed by atoms with Gasteiger partial charge >= 0.3 is 0 Å². The number of piperazine rings is 1. The minimum Gasteiger partial charge on any atom is -0.351 e. The molecule has 0 unspecified atom stereocenters. The fraction of sp³-hybridized carbons (Fsp3) is 0.588. The first-order valence-corrected chi connectivity index (χ1v) is 8.14. The fourth-order valence-electron chi connectivity index (χ4n) is 2.67. The average Bonchev–Trinajstić information content (AvgIpc) is 2.59. The summed E-state index contributed by atoms with van der Waals surface area (Å²) in [6.07, 6.45) is 3.40. The molecule has 0 spiro atoms. The van der Waals surface area contributed by atoms with E-state index >= 15 is 0 Å². The van der Waals surface area contributed by atoms with Crippen LogP contribution in [-0.2, 0) is 16.1 Å². The van der Waals surface area contributed by atoms with E-state index in [1.807, 2.05) is 12.1 Å². The quantitative estimate of drug-likeness (QED) is 0.819. The Labute approximate surface area is 137 Å². The van der Waals surface area contributed by atoms with Crippen LogP contribution in [0.3, 0.4) is 0 Å². The van der Waals surface area contributed by atoms with E-state index in [4.69, 9.17) is 0 Å². The lowest BCUT2D eigenvalue weighted by Crippen LogP contribution is -2.55. The molecule has 23 heavy (non-hydrogen) atoms. The van der Waals surface area contributed by atoms with Crippen LogP contribution >= 0.6 is 0 Å². The summed E-state index contributed by atoms with van der Waals surface area (Å²) in [5.41, 5.74) is -0.142. The van der Waals surface area contributed by atoms with Crippen LogP contribution in [0, 0.1) is 5.41 Å². The van der Waals surface area contributed by atoms with Crippen molar-refractivity contribution in [3.05, 3.63) is 30.1 Å². The van der Waals surface area contributed by atoms with Gasteiger partial charge in [-0.05, 0) is 32.0 Å². The number of aromatic nitrogens is 1. The topological polar surface area (TPSA) is 65.5 Å². The first kappa shape index (κ1) is 17.4. The zero-order valence-electron chi connectivity index (χ0n) is 14.2. The van der Waals surface area contributed by atoms with Gasteiger partial charge in [-0.15, -0.1) is 0 Å². The molecule has 0 atom stereocenters. The highest BCUT2D eigenvalue weighted by Gasteiger charge is 2.39. The van der Waals surface area contributed by atoms with Crippen molar-refractivity contribution < 1.29 is 9.59 Å². The van der Waals surface area contributed by atoms with Crippen molar-refractivity contribution in [2.45, 2.75) is 27.3 Å². The maximum Gasteiger partial charge on any atom is 0.237 e. The van der Waals surface area contributed by atoms with Gasteiger partial charge in [-0.3, -0.25) is 14.6 Å². The first-order chi connectivity index (χ1) is 10.9. The molecule has 0 saturated carbocycles. The summed E-state index contributed by atoms with van der Waals surface area (Å²) >= 11 is 0. The second-order valence-electron chi connectivity index (χ2n) is 6.40. The van der Waals surface area contributed by atoms with Gasteiger partial charge in [0.1, 0.15) is 5.41 Å². The molecule has 1 N–H and O–H groups in total. The Morgan fingerprint density at radius 3 is 2.52 bits per heavy atom. The van der Waals surface area contributed by atoms with Crippen LogP contribution in [-0.4, -0.2) is 59.3 Å². The number of carbonyl (C=O) groups is 2. The van der Waals surface area contributed by atoms with Crippen LogP contribution < -0.4 is 5.32 Å². The lowest BCUT2D eigenvalue weighted by atomic mass is 9.90. The Hall–Kier alpha value is -1.95. The number of nitrogens with one attached hydrogen (secondary N) is 1. The normalized spacial score (nSPS) is 16.2. The molecule has 6 heteroatoms. The van der Waals surface area contributed by atoms with Crippen LogP contribution in [0.2, 0.25) is 0 Å². The Kier molecular flexibility index (Phi) is 5.71. The second kappa shape index (κ2) is 7.55. The van der Waals surface area contributed by atoms with Gasteiger partial charge < -0.3 is 15.1 Å². The van der Waals surface area contributed by atoms with E-state index in [1.54, 1.807) is 31.1 Å². The second-order valence-corrected chi connectivity index (χ2v) is 6.40. The summed E-state index contributed by atoms with van der Waals surface area (Å²) in [6, 6.07) is 3.72. The number of amides is 2. The third kappa shape index (κ3) is 4.28. The smallest absolute Gasteiger partial charge is 0.237 e. The zero-order chi connectivity index (χ0) is 16.9. The summed E-state index contributed by atoms with van der Waals surface area (Å²) in [5, 5.41) is 2.84. The van der Waals surface area contributed by atoms with Crippen molar-refractivity contribution in [3.63, 3.8) is 0 Å². The highest BCUT2D eigenvalue weighted by molar-refractivity contribution is 6.04. The largest absolute Gasteiger partial charge is 0.351 e. The summed E-state index contributed by atoms with van der Waals surface area (Å²) in [6.45, 7) is 10.0. The van der Waals surface area contributed by atoms with Crippen molar-refractivity contribution in [2.24, 2.45) is 5.41 Å². The monoisotopic (exact) mass is 318 g/mol. The maximum absolute atomic E-state index is 12.7. The van der Waals surface area contributed by atoms with Gasteiger partial charge in [0.15, 0.2) is 0 Å². The van der Waals surface area contributed by atoms with Gasteiger partial charge in [-0.2, -0.15) is 0 Å². The molecule has 6 nitrogen and oxygen atoms in total. The summed E-state index contributed by atoms with van der Waals surface area (Å²) < 4.78 is 0. The summed E-state index contributed by atoms with van der Waals surface area (Å²) in [4.78, 5) is 33.3. The number of rotatable bonds is 5. The predicted octanol–water partition coefficient (Wildman–Crippen LogP) is 0.888. The van der Waals surface area contributed by atoms with Crippen LogP contribution in [0.25, 0.3) is 0 Å². The third-order valence-electron chi connectivity index (χ3n) is 4.38. The van der Waals surface area contributed by atoms with Gasteiger partial charge in [-0.25, -0.2) is 0 Å². The van der Waals surface area contributed by atoms with Crippen molar-refractivity contribution in [2.75, 3.05) is 32.7 Å². The highest BCUT2D eigenvalue weighted by Crippen LogP contribution is 2.20. The Morgan fingerprint density at radius 1 is 1.26 bits per heavy atom. The van der Waals surface area contributed by atoms with Crippen molar-refractivity contribution in [3.8, 4) is 0 Å². The predicted molar refractivity (Wildman–Crippen MR) is 88.6 cm³/mol. The molecule has 0 radical (unpaired) electrons. The van der Waals surface area contributed by atoms with Gasteiger partial charge in [0.05, 0.1) is 0 Å². The molecule has 0 aromatic carbocycles. The SMILES string of the molecule is CCN1CCN(C(=O)C(C)(C)C(=O)NCc2cccnc2)CC1. The standard InChI is InChI=1S/C17H26N4O2/c1-4-20-8-10-21(11-9-20)16(23)17(2,3)15(22)19-13-14-6-5-7-18-12-14/h5-7,12H,4,8-11,13H2,1-3H3,(H,19,22). The van der Waals surface area contributed by atoms with Crippen molar-refractivity contribution in [1.82, 2.24) is 20.1 Å². The van der Waals surface area contributed by atoms with E-state index in [0.29, 0.717) is 19.6 Å². The molecule has 2 rings (SSSR count).